The average molecular weight is 189 g/mol. The maximum Gasteiger partial charge on any atom is 0.303 e. The van der Waals surface area contributed by atoms with Crippen molar-refractivity contribution in [3.05, 3.63) is 0 Å². The third-order valence-electron chi connectivity index (χ3n) is 1.89. The molecule has 0 heterocycles. The molecule has 0 aromatic carbocycles. The molecule has 13 heavy (non-hydrogen) atoms. The van der Waals surface area contributed by atoms with Gasteiger partial charge in [-0.05, 0) is 18.8 Å². The summed E-state index contributed by atoms with van der Waals surface area (Å²) in [5.74, 6) is -0.467. The summed E-state index contributed by atoms with van der Waals surface area (Å²) in [4.78, 5) is 10.2. The van der Waals surface area contributed by atoms with Crippen molar-refractivity contribution in [3.8, 4) is 0 Å². The van der Waals surface area contributed by atoms with E-state index in [1.807, 2.05) is 13.8 Å². The van der Waals surface area contributed by atoms with Gasteiger partial charge >= 0.3 is 5.97 Å². The fourth-order valence-corrected chi connectivity index (χ4v) is 1.19. The molecule has 0 aliphatic heterocycles. The van der Waals surface area contributed by atoms with Crippen LogP contribution in [0.4, 0.5) is 0 Å². The number of nitrogens with two attached hydrogens (primary N) is 1. The van der Waals surface area contributed by atoms with E-state index in [-0.39, 0.29) is 18.9 Å². The van der Waals surface area contributed by atoms with E-state index in [0.29, 0.717) is 5.92 Å². The number of aliphatic hydroxyl groups excluding tert-OH is 1. The summed E-state index contributed by atoms with van der Waals surface area (Å²) in [5.41, 5.74) is 5.66. The van der Waals surface area contributed by atoms with Crippen molar-refractivity contribution in [2.24, 2.45) is 11.7 Å². The number of carboxylic acids is 1. The Kier molecular flexibility index (Phi) is 5.66. The summed E-state index contributed by atoms with van der Waals surface area (Å²) in [6.07, 6.45) is 0.246. The number of carboxylic acid groups (broad SMARTS) is 1. The molecule has 0 aliphatic rings. The summed E-state index contributed by atoms with van der Waals surface area (Å²) in [5, 5.41) is 17.8. The Morgan fingerprint density at radius 1 is 1.46 bits per heavy atom. The smallest absolute Gasteiger partial charge is 0.303 e. The molecule has 2 atom stereocenters. The van der Waals surface area contributed by atoms with Gasteiger partial charge in [-0.1, -0.05) is 13.8 Å². The van der Waals surface area contributed by atoms with Crippen LogP contribution in [-0.2, 0) is 4.79 Å². The molecule has 0 spiro atoms. The zero-order chi connectivity index (χ0) is 10.4. The van der Waals surface area contributed by atoms with Crippen molar-refractivity contribution >= 4 is 5.97 Å². The molecular formula is C9H19NO3. The van der Waals surface area contributed by atoms with Crippen LogP contribution >= 0.6 is 0 Å². The molecule has 0 aromatic rings. The maximum absolute atomic E-state index is 10.2. The monoisotopic (exact) mass is 189 g/mol. The largest absolute Gasteiger partial charge is 0.481 e. The molecule has 0 bridgehead atoms. The minimum atomic E-state index is -0.893. The van der Waals surface area contributed by atoms with Crippen molar-refractivity contribution in [3.63, 3.8) is 0 Å². The van der Waals surface area contributed by atoms with Crippen LogP contribution in [0.15, 0.2) is 0 Å². The molecule has 0 aromatic heterocycles. The van der Waals surface area contributed by atoms with Crippen LogP contribution in [0, 0.1) is 5.92 Å². The Labute approximate surface area is 78.7 Å². The molecule has 0 amide bonds. The summed E-state index contributed by atoms with van der Waals surface area (Å²) >= 11 is 0. The Morgan fingerprint density at radius 2 is 2.00 bits per heavy atom. The van der Waals surface area contributed by atoms with E-state index < -0.39 is 12.1 Å². The zero-order valence-corrected chi connectivity index (χ0v) is 8.23. The molecule has 78 valence electrons. The summed E-state index contributed by atoms with van der Waals surface area (Å²) in [6.45, 7) is 4.04. The highest BCUT2D eigenvalue weighted by molar-refractivity contribution is 5.66. The van der Waals surface area contributed by atoms with Crippen molar-refractivity contribution in [2.75, 3.05) is 0 Å². The van der Waals surface area contributed by atoms with Crippen molar-refractivity contribution in [2.45, 2.75) is 45.3 Å². The Bertz CT molecular complexity index is 159. The highest BCUT2D eigenvalue weighted by atomic mass is 16.4. The van der Waals surface area contributed by atoms with E-state index >= 15 is 0 Å². The third-order valence-corrected chi connectivity index (χ3v) is 1.89. The number of hydrogen-bond donors (Lipinski definition) is 3. The van der Waals surface area contributed by atoms with Gasteiger partial charge in [0, 0.05) is 12.5 Å². The molecule has 0 saturated heterocycles. The summed E-state index contributed by atoms with van der Waals surface area (Å²) < 4.78 is 0. The first-order valence-electron chi connectivity index (χ1n) is 4.59. The molecule has 2 unspecified atom stereocenters. The van der Waals surface area contributed by atoms with Gasteiger partial charge in [0.1, 0.15) is 0 Å². The quantitative estimate of drug-likeness (QED) is 0.571. The highest BCUT2D eigenvalue weighted by Crippen LogP contribution is 2.09. The van der Waals surface area contributed by atoms with E-state index in [1.165, 1.54) is 0 Å². The van der Waals surface area contributed by atoms with Crippen molar-refractivity contribution < 1.29 is 15.0 Å². The topological polar surface area (TPSA) is 83.5 Å². The second kappa shape index (κ2) is 5.94. The summed E-state index contributed by atoms with van der Waals surface area (Å²) in [6, 6.07) is -0.306. The number of hydrogen-bond acceptors (Lipinski definition) is 3. The van der Waals surface area contributed by atoms with Gasteiger partial charge in [-0.15, -0.1) is 0 Å². The van der Waals surface area contributed by atoms with Gasteiger partial charge in [-0.2, -0.15) is 0 Å². The second-order valence-electron chi connectivity index (χ2n) is 3.79. The maximum atomic E-state index is 10.2. The molecule has 0 rings (SSSR count). The zero-order valence-electron chi connectivity index (χ0n) is 8.23. The highest BCUT2D eigenvalue weighted by Gasteiger charge is 2.16. The first-order valence-corrected chi connectivity index (χ1v) is 4.59. The van der Waals surface area contributed by atoms with E-state index in [0.717, 1.165) is 6.42 Å². The van der Waals surface area contributed by atoms with Gasteiger partial charge in [0.2, 0.25) is 0 Å². The van der Waals surface area contributed by atoms with E-state index in [4.69, 9.17) is 10.8 Å². The predicted molar refractivity (Wildman–Crippen MR) is 50.3 cm³/mol. The molecule has 0 saturated carbocycles. The first-order chi connectivity index (χ1) is 5.93. The van der Waals surface area contributed by atoms with Crippen molar-refractivity contribution in [1.82, 2.24) is 0 Å². The minimum Gasteiger partial charge on any atom is -0.481 e. The average Bonchev–Trinajstić information content (AvgIpc) is 1.98. The number of aliphatic hydroxyl groups is 1. The van der Waals surface area contributed by atoms with Gasteiger partial charge in [-0.25, -0.2) is 0 Å². The van der Waals surface area contributed by atoms with E-state index in [9.17, 15) is 9.90 Å². The molecule has 4 N–H and O–H groups in total. The standard InChI is InChI=1S/C9H19NO3/c1-6(2)5-7(10)8(11)3-4-9(12)13/h6-8,11H,3-5,10H2,1-2H3,(H,12,13). The lowest BCUT2D eigenvalue weighted by Crippen LogP contribution is -2.36. The Hall–Kier alpha value is -0.610. The number of carbonyl (C=O) groups is 1. The van der Waals surface area contributed by atoms with Crippen LogP contribution in [0.5, 0.6) is 0 Å². The summed E-state index contributed by atoms with van der Waals surface area (Å²) in [7, 11) is 0. The first kappa shape index (κ1) is 12.4. The fraction of sp³-hybridized carbons (Fsp3) is 0.889. The van der Waals surface area contributed by atoms with Gasteiger partial charge in [0.15, 0.2) is 0 Å². The lowest BCUT2D eigenvalue weighted by atomic mass is 9.97. The fourth-order valence-electron chi connectivity index (χ4n) is 1.19. The molecule has 0 aliphatic carbocycles. The SMILES string of the molecule is CC(C)CC(N)C(O)CCC(=O)O. The van der Waals surface area contributed by atoms with E-state index in [2.05, 4.69) is 0 Å². The van der Waals surface area contributed by atoms with Crippen molar-refractivity contribution in [1.29, 1.82) is 0 Å². The minimum absolute atomic E-state index is 0.0209. The molecule has 0 fully saturated rings. The molecule has 4 nitrogen and oxygen atoms in total. The lowest BCUT2D eigenvalue weighted by Gasteiger charge is -2.19. The molecule has 0 radical (unpaired) electrons. The van der Waals surface area contributed by atoms with Crippen LogP contribution in [0.1, 0.15) is 33.1 Å². The third kappa shape index (κ3) is 6.54. The van der Waals surface area contributed by atoms with Crippen LogP contribution in [0.2, 0.25) is 0 Å². The van der Waals surface area contributed by atoms with Crippen LogP contribution < -0.4 is 5.73 Å². The van der Waals surface area contributed by atoms with Crippen LogP contribution in [-0.4, -0.2) is 28.3 Å². The van der Waals surface area contributed by atoms with Crippen LogP contribution in [0.3, 0.4) is 0 Å². The Morgan fingerprint density at radius 3 is 2.38 bits per heavy atom. The predicted octanol–water partition coefficient (Wildman–Crippen LogP) is 0.586. The van der Waals surface area contributed by atoms with Crippen LogP contribution in [0.25, 0.3) is 0 Å². The van der Waals surface area contributed by atoms with Gasteiger partial charge in [0.05, 0.1) is 6.10 Å². The van der Waals surface area contributed by atoms with Gasteiger partial charge in [-0.3, -0.25) is 4.79 Å². The second-order valence-corrected chi connectivity index (χ2v) is 3.79. The Balaban J connectivity index is 3.68. The molecule has 4 heteroatoms. The molecular weight excluding hydrogens is 170 g/mol. The van der Waals surface area contributed by atoms with Gasteiger partial charge in [0.25, 0.3) is 0 Å². The van der Waals surface area contributed by atoms with E-state index in [1.54, 1.807) is 0 Å². The normalized spacial score (nSPS) is 15.8. The number of aliphatic carboxylic acids is 1. The lowest BCUT2D eigenvalue weighted by molar-refractivity contribution is -0.137. The number of rotatable bonds is 6. The van der Waals surface area contributed by atoms with Gasteiger partial charge < -0.3 is 15.9 Å².